The topological polar surface area (TPSA) is 31.6 Å². The van der Waals surface area contributed by atoms with E-state index < -0.39 is 0 Å². The lowest BCUT2D eigenvalue weighted by molar-refractivity contribution is 0.735. The highest BCUT2D eigenvalue weighted by molar-refractivity contribution is 5.23. The number of aromatic nitrogens is 2. The van der Waals surface area contributed by atoms with Crippen LogP contribution in [0, 0.1) is 0 Å². The molecule has 0 aliphatic rings. The highest BCUT2D eigenvalue weighted by Crippen LogP contribution is 2.24. The quantitative estimate of drug-likeness (QED) is 0.717. The molecule has 2 nitrogen and oxygen atoms in total. The molecule has 0 atom stereocenters. The van der Waals surface area contributed by atoms with Crippen LogP contribution in [-0.2, 0) is 0 Å². The van der Waals surface area contributed by atoms with Crippen LogP contribution in [0.5, 0.6) is 0 Å². The van der Waals surface area contributed by atoms with Gasteiger partial charge < -0.3 is 9.97 Å². The van der Waals surface area contributed by atoms with Crippen LogP contribution in [0.25, 0.3) is 0 Å². The highest BCUT2D eigenvalue weighted by atomic mass is 14.7. The van der Waals surface area contributed by atoms with Crippen molar-refractivity contribution in [1.82, 2.24) is 9.97 Å². The number of rotatable bonds is 3. The molecule has 0 unspecified atom stereocenters. The summed E-state index contributed by atoms with van der Waals surface area (Å²) in [7, 11) is 0. The van der Waals surface area contributed by atoms with E-state index in [4.69, 9.17) is 0 Å². The molecule has 0 aliphatic heterocycles. The first-order valence-electron chi connectivity index (χ1n) is 4.68. The molecule has 13 heavy (non-hydrogen) atoms. The molecule has 2 rings (SSSR count). The van der Waals surface area contributed by atoms with E-state index in [1.54, 1.807) is 0 Å². The molecule has 2 heterocycles. The summed E-state index contributed by atoms with van der Waals surface area (Å²) in [5.74, 6) is 0.477. The summed E-state index contributed by atoms with van der Waals surface area (Å²) >= 11 is 0. The fourth-order valence-electron chi connectivity index (χ4n) is 1.73. The highest BCUT2D eigenvalue weighted by Gasteiger charge is 2.12. The maximum absolute atomic E-state index is 3.26. The van der Waals surface area contributed by atoms with Crippen molar-refractivity contribution in [3.05, 3.63) is 48.0 Å². The summed E-state index contributed by atoms with van der Waals surface area (Å²) in [5, 5.41) is 0. The predicted molar refractivity (Wildman–Crippen MR) is 53.7 cm³/mol. The van der Waals surface area contributed by atoms with Gasteiger partial charge in [0.25, 0.3) is 0 Å². The minimum absolute atomic E-state index is 0.477. The first kappa shape index (κ1) is 8.17. The molecule has 2 aromatic rings. The minimum Gasteiger partial charge on any atom is -0.364 e. The molecule has 68 valence electrons. The Hall–Kier alpha value is -1.44. The second kappa shape index (κ2) is 3.52. The molecule has 0 radical (unpaired) electrons. The zero-order valence-electron chi connectivity index (χ0n) is 7.75. The molecule has 0 saturated carbocycles. The monoisotopic (exact) mass is 174 g/mol. The van der Waals surface area contributed by atoms with Crippen LogP contribution in [0.3, 0.4) is 0 Å². The largest absolute Gasteiger partial charge is 0.364 e. The molecule has 0 fully saturated rings. The Morgan fingerprint density at radius 3 is 1.92 bits per heavy atom. The van der Waals surface area contributed by atoms with E-state index in [1.165, 1.54) is 11.4 Å². The smallest absolute Gasteiger partial charge is 0.0389 e. The number of nitrogens with one attached hydrogen (secondary N) is 2. The Bertz CT molecular complexity index is 298. The normalized spacial score (nSPS) is 10.9. The van der Waals surface area contributed by atoms with Crippen molar-refractivity contribution in [1.29, 1.82) is 0 Å². The number of aromatic amines is 2. The zero-order chi connectivity index (χ0) is 9.10. The number of hydrogen-bond donors (Lipinski definition) is 2. The van der Waals surface area contributed by atoms with Crippen LogP contribution in [-0.4, -0.2) is 9.97 Å². The molecule has 0 saturated heterocycles. The third-order valence-electron chi connectivity index (χ3n) is 2.40. The molecule has 0 aromatic carbocycles. The van der Waals surface area contributed by atoms with Crippen LogP contribution < -0.4 is 0 Å². The molecule has 2 aromatic heterocycles. The van der Waals surface area contributed by atoms with Crippen molar-refractivity contribution in [2.75, 3.05) is 0 Å². The average molecular weight is 174 g/mol. The maximum Gasteiger partial charge on any atom is 0.0389 e. The molecule has 0 spiro atoms. The lowest BCUT2D eigenvalue weighted by Gasteiger charge is -2.10. The SMILES string of the molecule is CCC(c1ccc[nH]1)c1ccc[nH]1. The second-order valence-corrected chi connectivity index (χ2v) is 3.21. The van der Waals surface area contributed by atoms with Gasteiger partial charge in [-0.3, -0.25) is 0 Å². The number of hydrogen-bond acceptors (Lipinski definition) is 0. The Balaban J connectivity index is 2.29. The second-order valence-electron chi connectivity index (χ2n) is 3.21. The van der Waals surface area contributed by atoms with Gasteiger partial charge in [0.15, 0.2) is 0 Å². The molecular formula is C11H14N2. The first-order chi connectivity index (χ1) is 6.42. The first-order valence-corrected chi connectivity index (χ1v) is 4.68. The van der Waals surface area contributed by atoms with Crippen LogP contribution >= 0.6 is 0 Å². The Morgan fingerprint density at radius 1 is 1.08 bits per heavy atom. The zero-order valence-corrected chi connectivity index (χ0v) is 7.75. The minimum atomic E-state index is 0.477. The summed E-state index contributed by atoms with van der Waals surface area (Å²) in [6.07, 6.45) is 5.06. The van der Waals surface area contributed by atoms with Crippen LogP contribution in [0.2, 0.25) is 0 Å². The van der Waals surface area contributed by atoms with Gasteiger partial charge in [-0.15, -0.1) is 0 Å². The summed E-state index contributed by atoms with van der Waals surface area (Å²) in [6.45, 7) is 2.20. The van der Waals surface area contributed by atoms with Gasteiger partial charge in [-0.25, -0.2) is 0 Å². The van der Waals surface area contributed by atoms with Crippen molar-refractivity contribution < 1.29 is 0 Å². The van der Waals surface area contributed by atoms with Gasteiger partial charge in [-0.2, -0.15) is 0 Å². The summed E-state index contributed by atoms with van der Waals surface area (Å²) < 4.78 is 0. The van der Waals surface area contributed by atoms with E-state index in [0.717, 1.165) is 6.42 Å². The summed E-state index contributed by atoms with van der Waals surface area (Å²) in [5.41, 5.74) is 2.56. The van der Waals surface area contributed by atoms with Gasteiger partial charge in [-0.1, -0.05) is 6.92 Å². The van der Waals surface area contributed by atoms with E-state index in [9.17, 15) is 0 Å². The molecule has 2 heteroatoms. The van der Waals surface area contributed by atoms with Crippen LogP contribution in [0.4, 0.5) is 0 Å². The third-order valence-corrected chi connectivity index (χ3v) is 2.40. The van der Waals surface area contributed by atoms with Gasteiger partial charge in [0, 0.05) is 29.7 Å². The van der Waals surface area contributed by atoms with E-state index >= 15 is 0 Å². The summed E-state index contributed by atoms with van der Waals surface area (Å²) in [4.78, 5) is 6.51. The maximum atomic E-state index is 3.26. The van der Waals surface area contributed by atoms with Crippen molar-refractivity contribution in [3.8, 4) is 0 Å². The van der Waals surface area contributed by atoms with Gasteiger partial charge in [0.2, 0.25) is 0 Å². The predicted octanol–water partition coefficient (Wildman–Crippen LogP) is 2.88. The van der Waals surface area contributed by atoms with Crippen molar-refractivity contribution >= 4 is 0 Å². The van der Waals surface area contributed by atoms with E-state index in [2.05, 4.69) is 29.0 Å². The van der Waals surface area contributed by atoms with Crippen LogP contribution in [0.15, 0.2) is 36.7 Å². The Labute approximate surface area is 78.0 Å². The fourth-order valence-corrected chi connectivity index (χ4v) is 1.73. The molecular weight excluding hydrogens is 160 g/mol. The Kier molecular flexibility index (Phi) is 2.21. The third kappa shape index (κ3) is 1.52. The average Bonchev–Trinajstić information content (AvgIpc) is 2.76. The molecule has 0 bridgehead atoms. The van der Waals surface area contributed by atoms with Gasteiger partial charge in [0.05, 0.1) is 0 Å². The molecule has 0 amide bonds. The van der Waals surface area contributed by atoms with E-state index in [-0.39, 0.29) is 0 Å². The van der Waals surface area contributed by atoms with Gasteiger partial charge >= 0.3 is 0 Å². The van der Waals surface area contributed by atoms with E-state index in [1.807, 2.05) is 24.5 Å². The molecule has 0 aliphatic carbocycles. The standard InChI is InChI=1S/C11H14N2/c1-2-9(10-5-3-7-12-10)11-6-4-8-13-11/h3-9,12-13H,2H2,1H3. The van der Waals surface area contributed by atoms with Crippen molar-refractivity contribution in [2.45, 2.75) is 19.3 Å². The van der Waals surface area contributed by atoms with E-state index in [0.29, 0.717) is 5.92 Å². The van der Waals surface area contributed by atoms with Gasteiger partial charge in [-0.05, 0) is 30.7 Å². The summed E-state index contributed by atoms with van der Waals surface area (Å²) in [6, 6.07) is 8.35. The van der Waals surface area contributed by atoms with Crippen molar-refractivity contribution in [2.24, 2.45) is 0 Å². The van der Waals surface area contributed by atoms with Crippen molar-refractivity contribution in [3.63, 3.8) is 0 Å². The lowest BCUT2D eigenvalue weighted by atomic mass is 9.99. The lowest BCUT2D eigenvalue weighted by Crippen LogP contribution is -1.99. The van der Waals surface area contributed by atoms with Gasteiger partial charge in [0.1, 0.15) is 0 Å². The van der Waals surface area contributed by atoms with Crippen LogP contribution in [0.1, 0.15) is 30.7 Å². The number of H-pyrrole nitrogens is 2. The Morgan fingerprint density at radius 2 is 1.62 bits per heavy atom. The fraction of sp³-hybridized carbons (Fsp3) is 0.273. The molecule has 2 N–H and O–H groups in total.